The number of aromatic nitrogens is 3. The topological polar surface area (TPSA) is 70.2 Å². The zero-order valence-corrected chi connectivity index (χ0v) is 21.7. The van der Waals surface area contributed by atoms with E-state index in [1.165, 1.54) is 6.07 Å². The van der Waals surface area contributed by atoms with Gasteiger partial charge in [-0.15, -0.1) is 0 Å². The number of nitrogens with zero attached hydrogens (tertiary/aromatic N) is 3. The Hall–Kier alpha value is -2.78. The van der Waals surface area contributed by atoms with Crippen molar-refractivity contribution in [1.82, 2.24) is 14.7 Å². The fourth-order valence-electron chi connectivity index (χ4n) is 5.06. The lowest BCUT2D eigenvalue weighted by Gasteiger charge is -2.20. The molecular weight excluding hydrogens is 508 g/mol. The second kappa shape index (κ2) is 9.94. The maximum Gasteiger partial charge on any atom is 0.387 e. The van der Waals surface area contributed by atoms with Crippen molar-refractivity contribution in [2.45, 2.75) is 52.2 Å². The molecular formula is C26H26ClF2N3O3S. The quantitative estimate of drug-likeness (QED) is 0.267. The van der Waals surface area contributed by atoms with E-state index in [2.05, 4.69) is 33.5 Å². The zero-order chi connectivity index (χ0) is 25.6. The summed E-state index contributed by atoms with van der Waals surface area (Å²) in [6.07, 6.45) is 1.43. The lowest BCUT2D eigenvalue weighted by Crippen LogP contribution is -2.15. The van der Waals surface area contributed by atoms with Gasteiger partial charge in [-0.3, -0.25) is 4.21 Å². The third-order valence-corrected chi connectivity index (χ3v) is 8.40. The molecule has 0 saturated carbocycles. The Kier molecular flexibility index (Phi) is 6.87. The number of ether oxygens (including phenoxy) is 1. The van der Waals surface area contributed by atoms with Crippen molar-refractivity contribution in [3.63, 3.8) is 0 Å². The predicted octanol–water partition coefficient (Wildman–Crippen LogP) is 6.60. The summed E-state index contributed by atoms with van der Waals surface area (Å²) < 4.78 is 49.5. The van der Waals surface area contributed by atoms with E-state index in [4.69, 9.17) is 21.1 Å². The van der Waals surface area contributed by atoms with Crippen LogP contribution in [0, 0.1) is 13.8 Å². The molecule has 6 nitrogen and oxygen atoms in total. The van der Waals surface area contributed by atoms with E-state index in [1.54, 1.807) is 12.1 Å². The van der Waals surface area contributed by atoms with Gasteiger partial charge in [-0.05, 0) is 62.1 Å². The molecule has 3 unspecified atom stereocenters. The summed E-state index contributed by atoms with van der Waals surface area (Å²) >= 11 is 6.18. The van der Waals surface area contributed by atoms with Crippen molar-refractivity contribution in [3.05, 3.63) is 64.3 Å². The summed E-state index contributed by atoms with van der Waals surface area (Å²) in [6.45, 7) is 2.96. The number of fused-ring (bicyclic) bond motifs is 1. The maximum atomic E-state index is 12.6. The van der Waals surface area contributed by atoms with Crippen molar-refractivity contribution in [2.24, 2.45) is 0 Å². The average Bonchev–Trinajstić information content (AvgIpc) is 3.51. The molecule has 3 heterocycles. The molecule has 4 aromatic rings. The van der Waals surface area contributed by atoms with Gasteiger partial charge in [0.2, 0.25) is 0 Å². The molecule has 3 atom stereocenters. The van der Waals surface area contributed by atoms with Gasteiger partial charge in [0, 0.05) is 39.8 Å². The van der Waals surface area contributed by atoms with Gasteiger partial charge in [-0.1, -0.05) is 35.8 Å². The minimum Gasteiger partial charge on any atom is -0.433 e. The molecule has 1 saturated heterocycles. The number of alkyl halides is 2. The molecule has 0 radical (unpaired) electrons. The molecule has 2 aromatic carbocycles. The Labute approximate surface area is 215 Å². The number of rotatable bonds is 7. The van der Waals surface area contributed by atoms with Crippen LogP contribution in [0.2, 0.25) is 5.02 Å². The number of halogens is 3. The second-order valence-corrected chi connectivity index (χ2v) is 11.3. The summed E-state index contributed by atoms with van der Waals surface area (Å²) in [7, 11) is -0.847. The van der Waals surface area contributed by atoms with Crippen LogP contribution in [0.5, 0.6) is 5.75 Å². The Morgan fingerprint density at radius 3 is 2.69 bits per heavy atom. The third-order valence-electron chi connectivity index (χ3n) is 6.66. The van der Waals surface area contributed by atoms with Crippen LogP contribution in [-0.2, 0) is 17.2 Å². The Morgan fingerprint density at radius 1 is 1.25 bits per heavy atom. The van der Waals surface area contributed by atoms with E-state index >= 15 is 0 Å². The summed E-state index contributed by atoms with van der Waals surface area (Å²) in [5.74, 6) is 2.87. The van der Waals surface area contributed by atoms with Gasteiger partial charge in [0.1, 0.15) is 17.3 Å². The fraction of sp³-hybridized carbons (Fsp3) is 0.385. The summed E-state index contributed by atoms with van der Waals surface area (Å²) in [5, 5.41) is 4.22. The number of imidazole rings is 1. The molecule has 0 bridgehead atoms. The highest BCUT2D eigenvalue weighted by Gasteiger charge is 2.29. The van der Waals surface area contributed by atoms with Gasteiger partial charge >= 0.3 is 6.61 Å². The molecule has 1 aliphatic heterocycles. The van der Waals surface area contributed by atoms with Crippen LogP contribution >= 0.6 is 11.6 Å². The van der Waals surface area contributed by atoms with Gasteiger partial charge in [-0.25, -0.2) is 4.98 Å². The van der Waals surface area contributed by atoms with Crippen molar-refractivity contribution in [2.75, 3.05) is 11.5 Å². The smallest absolute Gasteiger partial charge is 0.387 e. The zero-order valence-electron chi connectivity index (χ0n) is 20.1. The van der Waals surface area contributed by atoms with Gasteiger partial charge in [-0.2, -0.15) is 8.78 Å². The molecule has 0 N–H and O–H groups in total. The lowest BCUT2D eigenvalue weighted by atomic mass is 10.00. The van der Waals surface area contributed by atoms with E-state index in [0.717, 1.165) is 51.4 Å². The molecule has 1 fully saturated rings. The average molecular weight is 534 g/mol. The highest BCUT2D eigenvalue weighted by atomic mass is 35.5. The van der Waals surface area contributed by atoms with E-state index in [1.807, 2.05) is 19.9 Å². The maximum absolute atomic E-state index is 12.6. The molecule has 2 aromatic heterocycles. The molecule has 0 amide bonds. The first kappa shape index (κ1) is 24.9. The monoisotopic (exact) mass is 533 g/mol. The van der Waals surface area contributed by atoms with E-state index in [0.29, 0.717) is 17.9 Å². The standard InChI is InChI=1S/C26H26ClF2N3O3S/c1-14(10-17-4-7-23(20(27)11-17)34-26(28)29)25-30-21-12-18(24-15(2)31-35-16(24)3)5-6-22(21)32(25)19-8-9-36(33)13-19/h4-7,11-12,14,19,26H,8-10,13H2,1-3H3. The highest BCUT2D eigenvalue weighted by Crippen LogP contribution is 2.36. The van der Waals surface area contributed by atoms with E-state index in [9.17, 15) is 13.0 Å². The predicted molar refractivity (Wildman–Crippen MR) is 136 cm³/mol. The molecule has 190 valence electrons. The number of hydrogen-bond donors (Lipinski definition) is 0. The lowest BCUT2D eigenvalue weighted by molar-refractivity contribution is -0.0497. The summed E-state index contributed by atoms with van der Waals surface area (Å²) in [5.41, 5.74) is 5.50. The third kappa shape index (κ3) is 4.78. The van der Waals surface area contributed by atoms with Crippen molar-refractivity contribution >= 4 is 33.4 Å². The number of aryl methyl sites for hydroxylation is 2. The van der Waals surface area contributed by atoms with Crippen molar-refractivity contribution in [3.8, 4) is 16.9 Å². The van der Waals surface area contributed by atoms with Gasteiger partial charge in [0.05, 0.1) is 21.7 Å². The van der Waals surface area contributed by atoms with Crippen LogP contribution in [0.3, 0.4) is 0 Å². The van der Waals surface area contributed by atoms with Crippen LogP contribution < -0.4 is 4.74 Å². The van der Waals surface area contributed by atoms with Gasteiger partial charge in [0.15, 0.2) is 0 Å². The van der Waals surface area contributed by atoms with E-state index < -0.39 is 17.4 Å². The Balaban J connectivity index is 1.53. The fourth-order valence-corrected chi connectivity index (χ4v) is 6.75. The molecule has 0 aliphatic carbocycles. The molecule has 0 spiro atoms. The van der Waals surface area contributed by atoms with Crippen LogP contribution in [-0.4, -0.2) is 37.0 Å². The largest absolute Gasteiger partial charge is 0.433 e. The SMILES string of the molecule is Cc1noc(C)c1-c1ccc2c(c1)nc(C(C)Cc1ccc(OC(F)F)c(Cl)c1)n2C1CCS(=O)C1. The molecule has 5 rings (SSSR count). The van der Waals surface area contributed by atoms with Crippen molar-refractivity contribution < 1.29 is 22.2 Å². The number of hydrogen-bond acceptors (Lipinski definition) is 5. The summed E-state index contributed by atoms with van der Waals surface area (Å²) in [6, 6.07) is 11.1. The van der Waals surface area contributed by atoms with Crippen LogP contribution in [0.15, 0.2) is 40.9 Å². The normalized spacial score (nSPS) is 18.9. The van der Waals surface area contributed by atoms with Crippen LogP contribution in [0.4, 0.5) is 8.78 Å². The molecule has 36 heavy (non-hydrogen) atoms. The minimum atomic E-state index is -2.93. The number of benzene rings is 2. The van der Waals surface area contributed by atoms with Crippen LogP contribution in [0.25, 0.3) is 22.2 Å². The highest BCUT2D eigenvalue weighted by molar-refractivity contribution is 7.85. The van der Waals surface area contributed by atoms with Crippen LogP contribution in [0.1, 0.15) is 48.1 Å². The van der Waals surface area contributed by atoms with Gasteiger partial charge < -0.3 is 13.8 Å². The first-order valence-electron chi connectivity index (χ1n) is 11.7. The molecule has 10 heteroatoms. The Morgan fingerprint density at radius 2 is 2.06 bits per heavy atom. The van der Waals surface area contributed by atoms with E-state index in [-0.39, 0.29) is 22.7 Å². The minimum absolute atomic E-state index is 0.00752. The first-order valence-corrected chi connectivity index (χ1v) is 13.6. The van der Waals surface area contributed by atoms with Gasteiger partial charge in [0.25, 0.3) is 0 Å². The second-order valence-electron chi connectivity index (χ2n) is 9.24. The first-order chi connectivity index (χ1) is 17.2. The summed E-state index contributed by atoms with van der Waals surface area (Å²) in [4.78, 5) is 5.04. The van der Waals surface area contributed by atoms with Crippen molar-refractivity contribution in [1.29, 1.82) is 0 Å². The molecule has 1 aliphatic rings. The Bertz CT molecular complexity index is 1430.